The lowest BCUT2D eigenvalue weighted by Crippen LogP contribution is -2.49. The molecule has 0 aliphatic carbocycles. The third kappa shape index (κ3) is 5.15. The molecular formula is C24H29N5O5S2. The molecule has 0 spiro atoms. The summed E-state index contributed by atoms with van der Waals surface area (Å²) < 4.78 is 52.9. The summed E-state index contributed by atoms with van der Waals surface area (Å²) in [6.45, 7) is 5.67. The molecule has 0 radical (unpaired) electrons. The van der Waals surface area contributed by atoms with Crippen LogP contribution in [0.2, 0.25) is 0 Å². The molecule has 0 unspecified atom stereocenters. The van der Waals surface area contributed by atoms with Crippen LogP contribution in [0.4, 0.5) is 11.4 Å². The van der Waals surface area contributed by atoms with Gasteiger partial charge in [0, 0.05) is 57.1 Å². The van der Waals surface area contributed by atoms with E-state index >= 15 is 0 Å². The SMILES string of the molecule is Cc1cccc(N2CCN(S(=O)(=O)c3nn(C)cc3C(=O)Nc3ccc(S(C)(=O)=O)cc3)CC2)c1C. The number of carbonyl (C=O) groups is 1. The number of amides is 1. The number of anilines is 2. The van der Waals surface area contributed by atoms with Gasteiger partial charge in [-0.15, -0.1) is 0 Å². The van der Waals surface area contributed by atoms with Crippen LogP contribution in [0.25, 0.3) is 0 Å². The van der Waals surface area contributed by atoms with E-state index in [-0.39, 0.29) is 28.6 Å². The Morgan fingerprint density at radius 2 is 1.58 bits per heavy atom. The predicted molar refractivity (Wildman–Crippen MR) is 138 cm³/mol. The van der Waals surface area contributed by atoms with Gasteiger partial charge < -0.3 is 10.2 Å². The third-order valence-corrected chi connectivity index (χ3v) is 9.28. The Kier molecular flexibility index (Phi) is 6.95. The third-order valence-electron chi connectivity index (χ3n) is 6.32. The van der Waals surface area contributed by atoms with Crippen molar-refractivity contribution >= 4 is 37.1 Å². The molecule has 1 fully saturated rings. The van der Waals surface area contributed by atoms with Crippen molar-refractivity contribution in [2.45, 2.75) is 23.8 Å². The Balaban J connectivity index is 1.52. The smallest absolute Gasteiger partial charge is 0.263 e. The van der Waals surface area contributed by atoms with Gasteiger partial charge in [0.25, 0.3) is 15.9 Å². The van der Waals surface area contributed by atoms with E-state index in [2.05, 4.69) is 22.2 Å². The maximum Gasteiger partial charge on any atom is 0.263 e. The Morgan fingerprint density at radius 1 is 0.944 bits per heavy atom. The maximum atomic E-state index is 13.5. The number of nitrogens with zero attached hydrogens (tertiary/aromatic N) is 4. The fourth-order valence-electron chi connectivity index (χ4n) is 4.17. The summed E-state index contributed by atoms with van der Waals surface area (Å²) in [5.74, 6) is -0.650. The Bertz CT molecular complexity index is 1500. The van der Waals surface area contributed by atoms with Crippen LogP contribution >= 0.6 is 0 Å². The monoisotopic (exact) mass is 531 g/mol. The van der Waals surface area contributed by atoms with Crippen LogP contribution < -0.4 is 10.2 Å². The number of rotatable bonds is 6. The first-order valence-electron chi connectivity index (χ1n) is 11.3. The van der Waals surface area contributed by atoms with Crippen molar-refractivity contribution in [3.63, 3.8) is 0 Å². The van der Waals surface area contributed by atoms with Gasteiger partial charge in [-0.2, -0.15) is 9.40 Å². The van der Waals surface area contributed by atoms with Crippen molar-refractivity contribution in [2.75, 3.05) is 42.7 Å². The zero-order valence-electron chi connectivity index (χ0n) is 20.6. The molecule has 0 atom stereocenters. The zero-order chi connectivity index (χ0) is 26.3. The van der Waals surface area contributed by atoms with Crippen LogP contribution in [0.3, 0.4) is 0 Å². The van der Waals surface area contributed by atoms with Crippen LogP contribution in [0.1, 0.15) is 21.5 Å². The van der Waals surface area contributed by atoms with Crippen molar-refractivity contribution in [1.29, 1.82) is 0 Å². The normalized spacial score (nSPS) is 15.2. The van der Waals surface area contributed by atoms with Crippen molar-refractivity contribution in [3.05, 3.63) is 65.4 Å². The number of sulfone groups is 1. The highest BCUT2D eigenvalue weighted by atomic mass is 32.2. The van der Waals surface area contributed by atoms with Crippen LogP contribution in [0.5, 0.6) is 0 Å². The average molecular weight is 532 g/mol. The lowest BCUT2D eigenvalue weighted by atomic mass is 10.1. The number of sulfonamides is 1. The summed E-state index contributed by atoms with van der Waals surface area (Å²) in [7, 11) is -5.85. The van der Waals surface area contributed by atoms with Gasteiger partial charge in [-0.1, -0.05) is 12.1 Å². The molecule has 10 nitrogen and oxygen atoms in total. The topological polar surface area (TPSA) is 122 Å². The second kappa shape index (κ2) is 9.68. The quantitative estimate of drug-likeness (QED) is 0.518. The van der Waals surface area contributed by atoms with Crippen molar-refractivity contribution in [1.82, 2.24) is 14.1 Å². The molecule has 12 heteroatoms. The summed E-state index contributed by atoms with van der Waals surface area (Å²) >= 11 is 0. The van der Waals surface area contributed by atoms with Crippen molar-refractivity contribution in [3.8, 4) is 0 Å². The van der Waals surface area contributed by atoms with Crippen LogP contribution in [0, 0.1) is 13.8 Å². The Morgan fingerprint density at radius 3 is 2.19 bits per heavy atom. The number of aryl methyl sites for hydroxylation is 2. The molecule has 1 aliphatic heterocycles. The second-order valence-corrected chi connectivity index (χ2v) is 12.8. The van der Waals surface area contributed by atoms with Gasteiger partial charge in [0.2, 0.25) is 5.03 Å². The van der Waals surface area contributed by atoms with Gasteiger partial charge in [0.1, 0.15) is 0 Å². The van der Waals surface area contributed by atoms with Crippen LogP contribution in [-0.4, -0.2) is 69.3 Å². The van der Waals surface area contributed by atoms with Gasteiger partial charge in [-0.05, 0) is 55.3 Å². The number of carbonyl (C=O) groups excluding carboxylic acids is 1. The van der Waals surface area contributed by atoms with Crippen LogP contribution in [0.15, 0.2) is 58.6 Å². The molecule has 0 saturated carbocycles. The fraction of sp³-hybridized carbons (Fsp3) is 0.333. The molecule has 1 saturated heterocycles. The lowest BCUT2D eigenvalue weighted by Gasteiger charge is -2.36. The summed E-state index contributed by atoms with van der Waals surface area (Å²) in [5, 5.41) is 6.42. The van der Waals surface area contributed by atoms with E-state index in [4.69, 9.17) is 0 Å². The zero-order valence-corrected chi connectivity index (χ0v) is 22.2. The van der Waals surface area contributed by atoms with E-state index in [9.17, 15) is 21.6 Å². The number of nitrogens with one attached hydrogen (secondary N) is 1. The van der Waals surface area contributed by atoms with E-state index in [0.29, 0.717) is 18.8 Å². The summed E-state index contributed by atoms with van der Waals surface area (Å²) in [5.41, 5.74) is 3.69. The highest BCUT2D eigenvalue weighted by Gasteiger charge is 2.34. The van der Waals surface area contributed by atoms with Crippen LogP contribution in [-0.2, 0) is 26.9 Å². The summed E-state index contributed by atoms with van der Waals surface area (Å²) in [4.78, 5) is 15.3. The standard InChI is InChI=1S/C24H29N5O5S2/c1-17-6-5-7-22(18(17)2)28-12-14-29(15-13-28)36(33,34)24-21(16-27(3)26-24)23(30)25-19-8-10-20(11-9-19)35(4,31)32/h5-11,16H,12-15H2,1-4H3,(H,25,30). The molecule has 3 aromatic rings. The molecule has 0 bridgehead atoms. The molecule has 36 heavy (non-hydrogen) atoms. The number of hydrogen-bond acceptors (Lipinski definition) is 7. The highest BCUT2D eigenvalue weighted by Crippen LogP contribution is 2.26. The molecule has 1 aliphatic rings. The minimum Gasteiger partial charge on any atom is -0.369 e. The van der Waals surface area contributed by atoms with E-state index in [0.717, 1.165) is 11.9 Å². The molecule has 2 heterocycles. The number of piperazine rings is 1. The number of benzene rings is 2. The first-order valence-corrected chi connectivity index (χ1v) is 14.7. The number of aromatic nitrogens is 2. The minimum atomic E-state index is -4.02. The summed E-state index contributed by atoms with van der Waals surface area (Å²) in [6.07, 6.45) is 2.45. The summed E-state index contributed by atoms with van der Waals surface area (Å²) in [6, 6.07) is 11.7. The van der Waals surface area contributed by atoms with Crippen molar-refractivity contribution in [2.24, 2.45) is 7.05 Å². The van der Waals surface area contributed by atoms with Crippen molar-refractivity contribution < 1.29 is 21.6 Å². The van der Waals surface area contributed by atoms with Gasteiger partial charge in [0.05, 0.1) is 10.5 Å². The molecule has 1 aromatic heterocycles. The van der Waals surface area contributed by atoms with E-state index < -0.39 is 25.8 Å². The molecule has 4 rings (SSSR count). The minimum absolute atomic E-state index is 0.0818. The fourth-order valence-corrected chi connectivity index (χ4v) is 6.34. The second-order valence-electron chi connectivity index (χ2n) is 8.88. The Hall–Kier alpha value is -3.22. The van der Waals surface area contributed by atoms with Gasteiger partial charge in [0.15, 0.2) is 9.84 Å². The first kappa shape index (κ1) is 25.9. The van der Waals surface area contributed by atoms with Gasteiger partial charge in [-0.25, -0.2) is 16.8 Å². The highest BCUT2D eigenvalue weighted by molar-refractivity contribution is 7.90. The molecule has 1 amide bonds. The predicted octanol–water partition coefficient (Wildman–Crippen LogP) is 2.20. The molecular weight excluding hydrogens is 502 g/mol. The Labute approximate surface area is 211 Å². The van der Waals surface area contributed by atoms with Gasteiger partial charge >= 0.3 is 0 Å². The van der Waals surface area contributed by atoms with Gasteiger partial charge in [-0.3, -0.25) is 9.48 Å². The average Bonchev–Trinajstić information content (AvgIpc) is 3.23. The molecule has 2 aromatic carbocycles. The van der Waals surface area contributed by atoms with E-state index in [1.807, 2.05) is 25.1 Å². The molecule has 1 N–H and O–H groups in total. The lowest BCUT2D eigenvalue weighted by molar-refractivity contribution is 0.102. The van der Waals surface area contributed by atoms with E-state index in [1.54, 1.807) is 7.05 Å². The maximum absolute atomic E-state index is 13.5. The first-order chi connectivity index (χ1) is 16.9. The number of hydrogen-bond donors (Lipinski definition) is 1. The largest absolute Gasteiger partial charge is 0.369 e. The van der Waals surface area contributed by atoms with E-state index in [1.165, 1.54) is 50.6 Å². The molecule has 192 valence electrons.